The van der Waals surface area contributed by atoms with E-state index in [1.807, 2.05) is 0 Å². The van der Waals surface area contributed by atoms with Crippen LogP contribution in [0.5, 0.6) is 0 Å². The van der Waals surface area contributed by atoms with Crippen LogP contribution in [0.4, 0.5) is 0 Å². The molecular formula is C20H33NO3S. The highest BCUT2D eigenvalue weighted by molar-refractivity contribution is 7.92. The van der Waals surface area contributed by atoms with Crippen molar-refractivity contribution in [2.45, 2.75) is 87.7 Å². The van der Waals surface area contributed by atoms with Gasteiger partial charge in [0.25, 0.3) is 0 Å². The number of rotatable bonds is 14. The van der Waals surface area contributed by atoms with E-state index in [1.54, 1.807) is 30.3 Å². The van der Waals surface area contributed by atoms with Gasteiger partial charge in [0, 0.05) is 0 Å². The molecule has 0 aliphatic carbocycles. The fourth-order valence-electron chi connectivity index (χ4n) is 3.00. The lowest BCUT2D eigenvalue weighted by atomic mass is 10.1. The molecule has 1 rings (SSSR count). The molecule has 0 fully saturated rings. The summed E-state index contributed by atoms with van der Waals surface area (Å²) in [5, 5.41) is 11.0. The predicted molar refractivity (Wildman–Crippen MR) is 104 cm³/mol. The minimum absolute atomic E-state index is 0.284. The Labute approximate surface area is 153 Å². The first-order valence-electron chi connectivity index (χ1n) is 9.59. The van der Waals surface area contributed by atoms with Crippen molar-refractivity contribution >= 4 is 16.1 Å². The highest BCUT2D eigenvalue weighted by Crippen LogP contribution is 2.20. The Morgan fingerprint density at radius 3 is 1.96 bits per heavy atom. The number of nitrogens with zero attached hydrogens (tertiary/aromatic N) is 1. The van der Waals surface area contributed by atoms with E-state index in [2.05, 4.69) is 12.1 Å². The van der Waals surface area contributed by atoms with Crippen molar-refractivity contribution in [2.24, 2.45) is 5.16 Å². The summed E-state index contributed by atoms with van der Waals surface area (Å²) in [5.74, 6) is 0. The third-order valence-corrected chi connectivity index (χ3v) is 6.63. The minimum Gasteiger partial charge on any atom is -0.411 e. The number of sulfone groups is 1. The van der Waals surface area contributed by atoms with Gasteiger partial charge in [-0.3, -0.25) is 0 Å². The summed E-state index contributed by atoms with van der Waals surface area (Å²) in [6.45, 7) is 2.23. The molecule has 5 heteroatoms. The molecule has 1 atom stereocenters. The topological polar surface area (TPSA) is 66.7 Å². The molecule has 0 radical (unpaired) electrons. The van der Waals surface area contributed by atoms with E-state index >= 15 is 0 Å². The van der Waals surface area contributed by atoms with Crippen molar-refractivity contribution in [2.75, 3.05) is 0 Å². The van der Waals surface area contributed by atoms with Gasteiger partial charge in [0.2, 0.25) is 0 Å². The Morgan fingerprint density at radius 1 is 0.920 bits per heavy atom. The van der Waals surface area contributed by atoms with Gasteiger partial charge in [0.15, 0.2) is 9.84 Å². The highest BCUT2D eigenvalue weighted by atomic mass is 32.2. The molecule has 0 aliphatic rings. The molecule has 1 N–H and O–H groups in total. The van der Waals surface area contributed by atoms with Gasteiger partial charge in [-0.2, -0.15) is 0 Å². The van der Waals surface area contributed by atoms with Gasteiger partial charge in [-0.05, 0) is 18.6 Å². The van der Waals surface area contributed by atoms with Gasteiger partial charge in [0.1, 0.15) is 5.25 Å². The van der Waals surface area contributed by atoms with Crippen LogP contribution in [0, 0.1) is 0 Å². The average Bonchev–Trinajstić information content (AvgIpc) is 2.63. The van der Waals surface area contributed by atoms with Crippen molar-refractivity contribution in [3.8, 4) is 0 Å². The molecule has 0 aliphatic heterocycles. The monoisotopic (exact) mass is 367 g/mol. The molecular weight excluding hydrogens is 334 g/mol. The van der Waals surface area contributed by atoms with E-state index in [0.29, 0.717) is 6.42 Å². The molecule has 0 amide bonds. The maximum atomic E-state index is 12.6. The van der Waals surface area contributed by atoms with E-state index < -0.39 is 15.1 Å². The van der Waals surface area contributed by atoms with Crippen LogP contribution in [0.3, 0.4) is 0 Å². The van der Waals surface area contributed by atoms with Crippen LogP contribution < -0.4 is 0 Å². The second-order valence-electron chi connectivity index (χ2n) is 6.63. The lowest BCUT2D eigenvalue weighted by Crippen LogP contribution is -2.23. The van der Waals surface area contributed by atoms with Crippen LogP contribution in [-0.2, 0) is 9.84 Å². The first-order chi connectivity index (χ1) is 12.1. The largest absolute Gasteiger partial charge is 0.411 e. The summed E-state index contributed by atoms with van der Waals surface area (Å²) >= 11 is 0. The van der Waals surface area contributed by atoms with E-state index in [9.17, 15) is 8.42 Å². The summed E-state index contributed by atoms with van der Waals surface area (Å²) in [7, 11) is -3.48. The second-order valence-corrected chi connectivity index (χ2v) is 8.80. The summed E-state index contributed by atoms with van der Waals surface area (Å²) in [6.07, 6.45) is 13.7. The predicted octanol–water partition coefficient (Wildman–Crippen LogP) is 5.60. The molecule has 0 spiro atoms. The van der Waals surface area contributed by atoms with Crippen molar-refractivity contribution in [1.82, 2.24) is 0 Å². The molecule has 1 unspecified atom stereocenters. The summed E-state index contributed by atoms with van der Waals surface area (Å²) in [4.78, 5) is 0.284. The van der Waals surface area contributed by atoms with Crippen LogP contribution in [0.1, 0.15) is 77.6 Å². The number of hydrogen-bond acceptors (Lipinski definition) is 4. The van der Waals surface area contributed by atoms with Gasteiger partial charge in [-0.15, -0.1) is 5.16 Å². The minimum atomic E-state index is -3.48. The Hall–Kier alpha value is -1.36. The normalized spacial score (nSPS) is 13.3. The summed E-state index contributed by atoms with van der Waals surface area (Å²) in [5.41, 5.74) is 0. The first kappa shape index (κ1) is 21.7. The quantitative estimate of drug-likeness (QED) is 0.201. The molecule has 0 saturated carbocycles. The van der Waals surface area contributed by atoms with E-state index in [0.717, 1.165) is 25.5 Å². The molecule has 0 heterocycles. The van der Waals surface area contributed by atoms with Crippen molar-refractivity contribution in [1.29, 1.82) is 0 Å². The summed E-state index contributed by atoms with van der Waals surface area (Å²) in [6, 6.07) is 8.38. The first-order valence-corrected chi connectivity index (χ1v) is 11.1. The fourth-order valence-corrected chi connectivity index (χ4v) is 4.58. The van der Waals surface area contributed by atoms with Crippen LogP contribution in [0.15, 0.2) is 40.4 Å². The Morgan fingerprint density at radius 2 is 1.44 bits per heavy atom. The molecule has 0 saturated heterocycles. The summed E-state index contributed by atoms with van der Waals surface area (Å²) < 4.78 is 25.2. The Balaban J connectivity index is 2.30. The third kappa shape index (κ3) is 8.52. The van der Waals surface area contributed by atoms with Crippen LogP contribution in [0.2, 0.25) is 0 Å². The fraction of sp³-hybridized carbons (Fsp3) is 0.650. The number of unbranched alkanes of at least 4 members (excludes halogenated alkanes) is 9. The van der Waals surface area contributed by atoms with Crippen molar-refractivity contribution in [3.05, 3.63) is 30.3 Å². The molecule has 1 aromatic carbocycles. The van der Waals surface area contributed by atoms with Gasteiger partial charge >= 0.3 is 0 Å². The van der Waals surface area contributed by atoms with Crippen LogP contribution in [0.25, 0.3) is 0 Å². The lowest BCUT2D eigenvalue weighted by molar-refractivity contribution is 0.320. The number of hydrogen-bond donors (Lipinski definition) is 1. The molecule has 0 aromatic heterocycles. The zero-order valence-electron chi connectivity index (χ0n) is 15.4. The molecule has 0 bridgehead atoms. The lowest BCUT2D eigenvalue weighted by Gasteiger charge is -2.13. The van der Waals surface area contributed by atoms with Crippen LogP contribution >= 0.6 is 0 Å². The average molecular weight is 368 g/mol. The SMILES string of the molecule is CCCCCCCCCCCCC(C=NO)S(=O)(=O)c1ccccc1. The Bertz CT molecular complexity index is 570. The van der Waals surface area contributed by atoms with Crippen LogP contribution in [-0.4, -0.2) is 25.1 Å². The third-order valence-electron chi connectivity index (χ3n) is 4.55. The zero-order valence-corrected chi connectivity index (χ0v) is 16.3. The smallest absolute Gasteiger partial charge is 0.186 e. The van der Waals surface area contributed by atoms with E-state index in [4.69, 9.17) is 5.21 Å². The second kappa shape index (κ2) is 12.9. The van der Waals surface area contributed by atoms with Gasteiger partial charge in [-0.25, -0.2) is 8.42 Å². The zero-order chi connectivity index (χ0) is 18.4. The Kier molecular flexibility index (Phi) is 11.2. The van der Waals surface area contributed by atoms with Crippen molar-refractivity contribution in [3.63, 3.8) is 0 Å². The maximum Gasteiger partial charge on any atom is 0.186 e. The van der Waals surface area contributed by atoms with E-state index in [1.165, 1.54) is 44.9 Å². The number of oxime groups is 1. The van der Waals surface area contributed by atoms with E-state index in [-0.39, 0.29) is 4.90 Å². The van der Waals surface area contributed by atoms with Gasteiger partial charge < -0.3 is 5.21 Å². The molecule has 142 valence electrons. The van der Waals surface area contributed by atoms with Gasteiger partial charge in [0.05, 0.1) is 11.1 Å². The standard InChI is InChI=1S/C20H33NO3S/c1-2-3-4-5-6-7-8-9-10-12-17-20(18-21-22)25(23,24)19-15-13-11-14-16-19/h11,13-16,18,20,22H,2-10,12,17H2,1H3. The number of benzene rings is 1. The van der Waals surface area contributed by atoms with Gasteiger partial charge in [-0.1, -0.05) is 89.3 Å². The maximum absolute atomic E-state index is 12.6. The van der Waals surface area contributed by atoms with Crippen molar-refractivity contribution < 1.29 is 13.6 Å². The molecule has 1 aromatic rings. The highest BCUT2D eigenvalue weighted by Gasteiger charge is 2.25. The molecule has 25 heavy (non-hydrogen) atoms. The molecule has 4 nitrogen and oxygen atoms in total.